The standard InChI is InChI=1S/C29H37N3O6/c1-21-8-9-27(25-7-4-11-30-29(21)25)38-20-28(35)31(2)26(19-32-12-10-23(34)18-32)22-5-3-6-24(17-22)37-16-15-36-14-13-33/h3-9,11,17,23,26,33-34H,10,12-16,18-20H2,1-2H3/t23-,26?/m0/s1. The average molecular weight is 524 g/mol. The fraction of sp³-hybridized carbons (Fsp3) is 0.448. The summed E-state index contributed by atoms with van der Waals surface area (Å²) in [5.74, 6) is 1.15. The number of amides is 1. The van der Waals surface area contributed by atoms with Crippen LogP contribution in [0.2, 0.25) is 0 Å². The number of ether oxygens (including phenoxy) is 3. The van der Waals surface area contributed by atoms with Crippen LogP contribution in [0, 0.1) is 6.92 Å². The summed E-state index contributed by atoms with van der Waals surface area (Å²) in [5.41, 5.74) is 2.84. The molecule has 1 aromatic heterocycles. The van der Waals surface area contributed by atoms with Gasteiger partial charge in [0.15, 0.2) is 6.61 Å². The number of pyridine rings is 1. The molecule has 1 aliphatic heterocycles. The Morgan fingerprint density at radius 3 is 2.82 bits per heavy atom. The second-order valence-corrected chi connectivity index (χ2v) is 9.55. The Bertz CT molecular complexity index is 1210. The first-order valence-electron chi connectivity index (χ1n) is 13.0. The molecular weight excluding hydrogens is 486 g/mol. The van der Waals surface area contributed by atoms with E-state index in [0.29, 0.717) is 37.8 Å². The van der Waals surface area contributed by atoms with Crippen molar-refractivity contribution in [3.8, 4) is 11.5 Å². The lowest BCUT2D eigenvalue weighted by Crippen LogP contribution is -2.41. The van der Waals surface area contributed by atoms with Gasteiger partial charge in [-0.3, -0.25) is 14.7 Å². The summed E-state index contributed by atoms with van der Waals surface area (Å²) in [6.07, 6.45) is 2.12. The summed E-state index contributed by atoms with van der Waals surface area (Å²) in [6.45, 7) is 4.80. The molecule has 204 valence electrons. The van der Waals surface area contributed by atoms with Crippen LogP contribution in [0.5, 0.6) is 11.5 Å². The van der Waals surface area contributed by atoms with E-state index in [1.165, 1.54) is 0 Å². The minimum atomic E-state index is -0.350. The molecule has 1 aliphatic rings. The summed E-state index contributed by atoms with van der Waals surface area (Å²) < 4.78 is 17.1. The lowest BCUT2D eigenvalue weighted by Gasteiger charge is -2.32. The number of aromatic nitrogens is 1. The topological polar surface area (TPSA) is 105 Å². The van der Waals surface area contributed by atoms with E-state index < -0.39 is 0 Å². The molecule has 38 heavy (non-hydrogen) atoms. The zero-order valence-corrected chi connectivity index (χ0v) is 22.1. The minimum Gasteiger partial charge on any atom is -0.491 e. The van der Waals surface area contributed by atoms with Gasteiger partial charge in [-0.2, -0.15) is 0 Å². The Balaban J connectivity index is 1.47. The number of likely N-dealkylation sites (tertiary alicyclic amines) is 1. The molecule has 1 saturated heterocycles. The molecule has 3 aromatic rings. The van der Waals surface area contributed by atoms with Crippen LogP contribution in [-0.4, -0.2) is 96.7 Å². The van der Waals surface area contributed by atoms with Crippen LogP contribution in [0.1, 0.15) is 23.6 Å². The van der Waals surface area contributed by atoms with Crippen molar-refractivity contribution >= 4 is 16.8 Å². The molecule has 0 saturated carbocycles. The Kier molecular flexibility index (Phi) is 9.89. The van der Waals surface area contributed by atoms with Crippen molar-refractivity contribution in [1.82, 2.24) is 14.8 Å². The molecule has 2 N–H and O–H groups in total. The first-order chi connectivity index (χ1) is 18.5. The maximum Gasteiger partial charge on any atom is 0.260 e. The second-order valence-electron chi connectivity index (χ2n) is 9.55. The van der Waals surface area contributed by atoms with Crippen LogP contribution in [0.4, 0.5) is 0 Å². The molecular formula is C29H37N3O6. The lowest BCUT2D eigenvalue weighted by molar-refractivity contribution is -0.134. The Morgan fingerprint density at radius 1 is 1.16 bits per heavy atom. The summed E-state index contributed by atoms with van der Waals surface area (Å²) >= 11 is 0. The molecule has 2 atom stereocenters. The highest BCUT2D eigenvalue weighted by atomic mass is 16.5. The molecule has 1 amide bonds. The fourth-order valence-corrected chi connectivity index (χ4v) is 4.70. The van der Waals surface area contributed by atoms with Gasteiger partial charge >= 0.3 is 0 Å². The lowest BCUT2D eigenvalue weighted by atomic mass is 10.0. The molecule has 0 radical (unpaired) electrons. The molecule has 0 spiro atoms. The first kappa shape index (κ1) is 27.8. The number of nitrogens with zero attached hydrogens (tertiary/aromatic N) is 3. The van der Waals surface area contributed by atoms with E-state index in [4.69, 9.17) is 19.3 Å². The van der Waals surface area contributed by atoms with Gasteiger partial charge in [-0.15, -0.1) is 0 Å². The Labute approximate surface area is 223 Å². The van der Waals surface area contributed by atoms with Gasteiger partial charge in [-0.25, -0.2) is 0 Å². The van der Waals surface area contributed by atoms with E-state index in [1.807, 2.05) is 55.5 Å². The predicted molar refractivity (Wildman–Crippen MR) is 144 cm³/mol. The third kappa shape index (κ3) is 7.20. The zero-order chi connectivity index (χ0) is 26.9. The van der Waals surface area contributed by atoms with Gasteiger partial charge in [0.05, 0.1) is 37.5 Å². The van der Waals surface area contributed by atoms with E-state index in [-0.39, 0.29) is 37.9 Å². The highest BCUT2D eigenvalue weighted by Crippen LogP contribution is 2.28. The van der Waals surface area contributed by atoms with Crippen molar-refractivity contribution in [2.24, 2.45) is 0 Å². The van der Waals surface area contributed by atoms with Crippen LogP contribution in [-0.2, 0) is 9.53 Å². The van der Waals surface area contributed by atoms with Gasteiger partial charge in [-0.05, 0) is 54.8 Å². The van der Waals surface area contributed by atoms with Gasteiger partial charge in [-0.1, -0.05) is 18.2 Å². The van der Waals surface area contributed by atoms with Crippen LogP contribution < -0.4 is 9.47 Å². The maximum absolute atomic E-state index is 13.4. The number of aliphatic hydroxyl groups excluding tert-OH is 2. The summed E-state index contributed by atoms with van der Waals surface area (Å²) in [6, 6.07) is 15.1. The van der Waals surface area contributed by atoms with E-state index in [0.717, 1.165) is 35.0 Å². The first-order valence-corrected chi connectivity index (χ1v) is 13.0. The summed E-state index contributed by atoms with van der Waals surface area (Å²) in [5, 5.41) is 19.8. The smallest absolute Gasteiger partial charge is 0.260 e. The maximum atomic E-state index is 13.4. The Morgan fingerprint density at radius 2 is 2.03 bits per heavy atom. The number of benzene rings is 2. The van der Waals surface area contributed by atoms with Crippen LogP contribution in [0.25, 0.3) is 10.9 Å². The highest BCUT2D eigenvalue weighted by Gasteiger charge is 2.28. The van der Waals surface area contributed by atoms with Crippen molar-refractivity contribution in [2.75, 3.05) is 59.7 Å². The van der Waals surface area contributed by atoms with Gasteiger partial charge in [0.2, 0.25) is 0 Å². The number of fused-ring (bicyclic) bond motifs is 1. The minimum absolute atomic E-state index is 0.0243. The van der Waals surface area contributed by atoms with Gasteiger partial charge < -0.3 is 29.3 Å². The van der Waals surface area contributed by atoms with Gasteiger partial charge in [0, 0.05) is 38.3 Å². The molecule has 0 bridgehead atoms. The van der Waals surface area contributed by atoms with Crippen LogP contribution >= 0.6 is 0 Å². The van der Waals surface area contributed by atoms with Gasteiger partial charge in [0.25, 0.3) is 5.91 Å². The average Bonchev–Trinajstić information content (AvgIpc) is 3.35. The third-order valence-corrected chi connectivity index (χ3v) is 6.80. The third-order valence-electron chi connectivity index (χ3n) is 6.80. The molecule has 1 fully saturated rings. The number of rotatable bonds is 13. The van der Waals surface area contributed by atoms with Crippen molar-refractivity contribution < 1.29 is 29.2 Å². The zero-order valence-electron chi connectivity index (χ0n) is 22.1. The van der Waals surface area contributed by atoms with E-state index in [9.17, 15) is 9.90 Å². The van der Waals surface area contributed by atoms with Crippen molar-refractivity contribution in [3.63, 3.8) is 0 Å². The monoisotopic (exact) mass is 523 g/mol. The number of likely N-dealkylation sites (N-methyl/N-ethyl adjacent to an activating group) is 1. The quantitative estimate of drug-likeness (QED) is 0.330. The van der Waals surface area contributed by atoms with Crippen molar-refractivity contribution in [2.45, 2.75) is 25.5 Å². The Hall–Kier alpha value is -3.24. The van der Waals surface area contributed by atoms with E-state index in [2.05, 4.69) is 9.88 Å². The van der Waals surface area contributed by atoms with Crippen LogP contribution in [0.15, 0.2) is 54.7 Å². The summed E-state index contributed by atoms with van der Waals surface area (Å²) in [4.78, 5) is 21.7. The van der Waals surface area contributed by atoms with E-state index in [1.54, 1.807) is 18.1 Å². The molecule has 0 aliphatic carbocycles. The molecule has 4 rings (SSSR count). The van der Waals surface area contributed by atoms with E-state index >= 15 is 0 Å². The normalized spacial score (nSPS) is 16.5. The number of aliphatic hydroxyl groups is 2. The number of β-amino-alcohol motifs (C(OH)–C–C–N with tert-alkyl or cyclic N) is 1. The predicted octanol–water partition coefficient (Wildman–Crippen LogP) is 2.58. The second kappa shape index (κ2) is 13.5. The van der Waals surface area contributed by atoms with Gasteiger partial charge in [0.1, 0.15) is 18.1 Å². The number of carbonyl (C=O) groups is 1. The van der Waals surface area contributed by atoms with Crippen molar-refractivity contribution in [3.05, 3.63) is 65.9 Å². The number of aryl methyl sites for hydroxylation is 1. The fourth-order valence-electron chi connectivity index (χ4n) is 4.70. The molecule has 2 aromatic carbocycles. The molecule has 2 heterocycles. The molecule has 9 nitrogen and oxygen atoms in total. The highest BCUT2D eigenvalue weighted by molar-refractivity contribution is 5.88. The summed E-state index contributed by atoms with van der Waals surface area (Å²) in [7, 11) is 1.79. The number of carbonyl (C=O) groups excluding carboxylic acids is 1. The largest absolute Gasteiger partial charge is 0.491 e. The van der Waals surface area contributed by atoms with Crippen LogP contribution in [0.3, 0.4) is 0 Å². The SMILES string of the molecule is Cc1ccc(OCC(=O)N(C)C(CN2CC[C@H](O)C2)c2cccc(OCCOCCO)c2)c2cccnc12. The van der Waals surface area contributed by atoms with Crippen molar-refractivity contribution in [1.29, 1.82) is 0 Å². The number of hydrogen-bond donors (Lipinski definition) is 2. The molecule has 1 unspecified atom stereocenters. The molecule has 9 heteroatoms. The number of hydrogen-bond acceptors (Lipinski definition) is 8.